The van der Waals surface area contributed by atoms with Gasteiger partial charge in [-0.15, -0.1) is 11.3 Å². The molecule has 0 spiro atoms. The van der Waals surface area contributed by atoms with E-state index in [4.69, 9.17) is 4.42 Å². The van der Waals surface area contributed by atoms with E-state index in [1.165, 1.54) is 0 Å². The summed E-state index contributed by atoms with van der Waals surface area (Å²) in [5.74, 6) is 0.855. The van der Waals surface area contributed by atoms with E-state index in [2.05, 4.69) is 15.2 Å². The van der Waals surface area contributed by atoms with Crippen molar-refractivity contribution in [2.75, 3.05) is 51.7 Å². The lowest BCUT2D eigenvalue weighted by Crippen LogP contribution is -2.52. The molecular weight excluding hydrogens is 326 g/mol. The molecule has 0 aliphatic carbocycles. The first-order valence-electron chi connectivity index (χ1n) is 8.02. The molecule has 3 rings (SSSR count). The third kappa shape index (κ3) is 3.88. The van der Waals surface area contributed by atoms with Crippen LogP contribution in [0.15, 0.2) is 34.4 Å². The molecule has 1 aliphatic rings. The number of carbonyl (C=O) groups is 1. The number of amides is 2. The lowest BCUT2D eigenvalue weighted by molar-refractivity contribution is 0.186. The number of nitrogens with zero attached hydrogens (tertiary/aromatic N) is 4. The summed E-state index contributed by atoms with van der Waals surface area (Å²) in [5.41, 5.74) is 0. The second-order valence-corrected chi connectivity index (χ2v) is 6.84. The smallest absolute Gasteiger partial charge is 0.317 e. The van der Waals surface area contributed by atoms with Gasteiger partial charge in [0.25, 0.3) is 0 Å². The van der Waals surface area contributed by atoms with Crippen LogP contribution in [0.4, 0.5) is 9.93 Å². The van der Waals surface area contributed by atoms with Gasteiger partial charge < -0.3 is 19.5 Å². The van der Waals surface area contributed by atoms with E-state index in [0.29, 0.717) is 19.6 Å². The zero-order valence-corrected chi connectivity index (χ0v) is 14.8. The molecule has 2 amide bonds. The maximum atomic E-state index is 12.4. The Balaban J connectivity index is 1.49. The van der Waals surface area contributed by atoms with Crippen LogP contribution in [0.5, 0.6) is 0 Å². The van der Waals surface area contributed by atoms with Crippen LogP contribution >= 0.6 is 11.3 Å². The van der Waals surface area contributed by atoms with E-state index in [0.717, 1.165) is 24.0 Å². The minimum Gasteiger partial charge on any atom is -0.468 e. The van der Waals surface area contributed by atoms with Crippen LogP contribution < -0.4 is 10.2 Å². The van der Waals surface area contributed by atoms with E-state index in [-0.39, 0.29) is 12.1 Å². The molecule has 0 aromatic carbocycles. The molecule has 1 saturated heterocycles. The molecule has 0 bridgehead atoms. The van der Waals surface area contributed by atoms with Crippen molar-refractivity contribution in [2.24, 2.45) is 0 Å². The highest BCUT2D eigenvalue weighted by Gasteiger charge is 2.24. The molecule has 24 heavy (non-hydrogen) atoms. The number of hydrogen-bond donors (Lipinski definition) is 1. The molecule has 1 fully saturated rings. The Kier molecular flexibility index (Phi) is 5.37. The summed E-state index contributed by atoms with van der Waals surface area (Å²) >= 11 is 1.63. The number of urea groups is 1. The quantitative estimate of drug-likeness (QED) is 0.893. The third-order valence-electron chi connectivity index (χ3n) is 4.20. The van der Waals surface area contributed by atoms with Crippen LogP contribution in [0.25, 0.3) is 0 Å². The minimum atomic E-state index is -0.0211. The van der Waals surface area contributed by atoms with E-state index in [1.54, 1.807) is 17.6 Å². The maximum Gasteiger partial charge on any atom is 0.317 e. The minimum absolute atomic E-state index is 0.0211. The van der Waals surface area contributed by atoms with E-state index < -0.39 is 0 Å². The monoisotopic (exact) mass is 349 g/mol. The van der Waals surface area contributed by atoms with Crippen LogP contribution in [-0.2, 0) is 0 Å². The van der Waals surface area contributed by atoms with Gasteiger partial charge in [0.2, 0.25) is 0 Å². The Morgan fingerprint density at radius 1 is 1.42 bits per heavy atom. The molecule has 0 unspecified atom stereocenters. The van der Waals surface area contributed by atoms with Crippen molar-refractivity contribution in [3.8, 4) is 0 Å². The van der Waals surface area contributed by atoms with Crippen LogP contribution in [0, 0.1) is 0 Å². The molecular formula is C16H23N5O2S. The predicted octanol–water partition coefficient (Wildman–Crippen LogP) is 1.87. The highest BCUT2D eigenvalue weighted by atomic mass is 32.1. The molecule has 0 radical (unpaired) electrons. The van der Waals surface area contributed by atoms with Gasteiger partial charge in [-0.1, -0.05) is 0 Å². The van der Waals surface area contributed by atoms with Crippen molar-refractivity contribution >= 4 is 22.5 Å². The molecule has 0 saturated carbocycles. The molecule has 1 N–H and O–H groups in total. The molecule has 1 aliphatic heterocycles. The van der Waals surface area contributed by atoms with Crippen molar-refractivity contribution in [2.45, 2.75) is 6.04 Å². The number of thiazole rings is 1. The van der Waals surface area contributed by atoms with Gasteiger partial charge in [-0.25, -0.2) is 9.78 Å². The first-order valence-corrected chi connectivity index (χ1v) is 8.90. The number of piperazine rings is 1. The number of aromatic nitrogens is 1. The fourth-order valence-corrected chi connectivity index (χ4v) is 3.48. The van der Waals surface area contributed by atoms with Crippen molar-refractivity contribution in [3.05, 3.63) is 35.7 Å². The average Bonchev–Trinajstić information content (AvgIpc) is 3.28. The first-order chi connectivity index (χ1) is 11.6. The zero-order valence-electron chi connectivity index (χ0n) is 14.0. The molecule has 130 valence electrons. The normalized spacial score (nSPS) is 16.5. The molecule has 1 atom stereocenters. The Hall–Kier alpha value is -2.06. The van der Waals surface area contributed by atoms with Crippen molar-refractivity contribution in [1.29, 1.82) is 0 Å². The summed E-state index contributed by atoms with van der Waals surface area (Å²) in [6.45, 7) is 3.57. The fraction of sp³-hybridized carbons (Fsp3) is 0.500. The molecule has 2 aromatic heterocycles. The highest BCUT2D eigenvalue weighted by Crippen LogP contribution is 2.20. The molecule has 8 heteroatoms. The number of rotatable bonds is 5. The summed E-state index contributed by atoms with van der Waals surface area (Å²) in [6, 6.07) is 3.81. The highest BCUT2D eigenvalue weighted by molar-refractivity contribution is 7.13. The number of anilines is 1. The van der Waals surface area contributed by atoms with Crippen LogP contribution in [-0.4, -0.2) is 67.6 Å². The molecule has 2 aromatic rings. The SMILES string of the molecule is CN(C)[C@H](CNC(=O)N1CCN(c2nccs2)CC1)c1ccco1. The van der Waals surface area contributed by atoms with Gasteiger partial charge in [-0.2, -0.15) is 0 Å². The van der Waals surface area contributed by atoms with E-state index >= 15 is 0 Å². The second kappa shape index (κ2) is 7.67. The Labute approximate surface area is 145 Å². The summed E-state index contributed by atoms with van der Waals surface area (Å²) in [5, 5.41) is 6.03. The molecule has 7 nitrogen and oxygen atoms in total. The first kappa shape index (κ1) is 16.8. The zero-order chi connectivity index (χ0) is 16.9. The number of carbonyl (C=O) groups excluding carboxylic acids is 1. The van der Waals surface area contributed by atoms with E-state index in [1.807, 2.05) is 47.6 Å². The number of nitrogens with one attached hydrogen (secondary N) is 1. The van der Waals surface area contributed by atoms with Crippen LogP contribution in [0.1, 0.15) is 11.8 Å². The lowest BCUT2D eigenvalue weighted by atomic mass is 10.2. The standard InChI is InChI=1S/C16H23N5O2S/c1-19(2)13(14-4-3-10-23-14)12-18-15(22)20-6-8-21(9-7-20)16-17-5-11-24-16/h3-5,10-11,13H,6-9,12H2,1-2H3,(H,18,22)/t13-/m1/s1. The van der Waals surface area contributed by atoms with Crippen LogP contribution in [0.2, 0.25) is 0 Å². The van der Waals surface area contributed by atoms with Gasteiger partial charge in [-0.3, -0.25) is 4.90 Å². The largest absolute Gasteiger partial charge is 0.468 e. The maximum absolute atomic E-state index is 12.4. The second-order valence-electron chi connectivity index (χ2n) is 5.97. The topological polar surface area (TPSA) is 64.9 Å². The van der Waals surface area contributed by atoms with Crippen molar-refractivity contribution in [3.63, 3.8) is 0 Å². The Bertz CT molecular complexity index is 621. The number of hydrogen-bond acceptors (Lipinski definition) is 6. The third-order valence-corrected chi connectivity index (χ3v) is 5.03. The van der Waals surface area contributed by atoms with Crippen molar-refractivity contribution in [1.82, 2.24) is 20.1 Å². The average molecular weight is 349 g/mol. The summed E-state index contributed by atoms with van der Waals surface area (Å²) in [7, 11) is 3.96. The van der Waals surface area contributed by atoms with Gasteiger partial charge in [0.1, 0.15) is 5.76 Å². The lowest BCUT2D eigenvalue weighted by Gasteiger charge is -2.35. The Morgan fingerprint density at radius 2 is 2.21 bits per heavy atom. The van der Waals surface area contributed by atoms with Gasteiger partial charge >= 0.3 is 6.03 Å². The summed E-state index contributed by atoms with van der Waals surface area (Å²) in [6.07, 6.45) is 3.47. The molecule has 3 heterocycles. The van der Waals surface area contributed by atoms with Crippen molar-refractivity contribution < 1.29 is 9.21 Å². The van der Waals surface area contributed by atoms with Gasteiger partial charge in [-0.05, 0) is 26.2 Å². The number of furan rings is 1. The van der Waals surface area contributed by atoms with Gasteiger partial charge in [0, 0.05) is 44.3 Å². The van der Waals surface area contributed by atoms with Gasteiger partial charge in [0.15, 0.2) is 5.13 Å². The van der Waals surface area contributed by atoms with E-state index in [9.17, 15) is 4.79 Å². The van der Waals surface area contributed by atoms with Gasteiger partial charge in [0.05, 0.1) is 12.3 Å². The Morgan fingerprint density at radius 3 is 2.79 bits per heavy atom. The summed E-state index contributed by atoms with van der Waals surface area (Å²) < 4.78 is 5.47. The number of likely N-dealkylation sites (N-methyl/N-ethyl adjacent to an activating group) is 1. The summed E-state index contributed by atoms with van der Waals surface area (Å²) in [4.78, 5) is 22.9. The van der Waals surface area contributed by atoms with Crippen LogP contribution in [0.3, 0.4) is 0 Å². The predicted molar refractivity (Wildman–Crippen MR) is 94.4 cm³/mol. The fourth-order valence-electron chi connectivity index (χ4n) is 2.79.